The smallest absolute Gasteiger partial charge is 0.259 e. The van der Waals surface area contributed by atoms with Crippen molar-refractivity contribution in [1.82, 2.24) is 19.0 Å². The lowest BCUT2D eigenvalue weighted by atomic mass is 10.2. The van der Waals surface area contributed by atoms with Crippen molar-refractivity contribution in [2.45, 2.75) is 0 Å². The highest BCUT2D eigenvalue weighted by Gasteiger charge is 2.11. The SMILES string of the molecule is O=C(NC(=S)Nc1cccc2nsnc12)c1cncc(Br)c1. The molecule has 3 aromatic rings. The van der Waals surface area contributed by atoms with Crippen LogP contribution < -0.4 is 10.6 Å². The Hall–Kier alpha value is -1.97. The van der Waals surface area contributed by atoms with Gasteiger partial charge in [0.15, 0.2) is 5.11 Å². The van der Waals surface area contributed by atoms with Crippen LogP contribution in [0, 0.1) is 0 Å². The van der Waals surface area contributed by atoms with Gasteiger partial charge in [-0.3, -0.25) is 15.1 Å². The minimum absolute atomic E-state index is 0.186. The van der Waals surface area contributed by atoms with E-state index >= 15 is 0 Å². The number of amides is 1. The van der Waals surface area contributed by atoms with Gasteiger partial charge in [-0.1, -0.05) is 6.07 Å². The first-order valence-corrected chi connectivity index (χ1v) is 8.01. The van der Waals surface area contributed by atoms with Gasteiger partial charge in [-0.25, -0.2) is 0 Å². The van der Waals surface area contributed by atoms with E-state index in [0.29, 0.717) is 16.8 Å². The third-order valence-corrected chi connectivity index (χ3v) is 3.91. The van der Waals surface area contributed by atoms with Gasteiger partial charge in [-0.2, -0.15) is 8.75 Å². The molecule has 2 aromatic heterocycles. The summed E-state index contributed by atoms with van der Waals surface area (Å²) in [6, 6.07) is 7.19. The van der Waals surface area contributed by atoms with Crippen LogP contribution in [0.2, 0.25) is 0 Å². The zero-order valence-electron chi connectivity index (χ0n) is 10.9. The zero-order chi connectivity index (χ0) is 15.5. The molecule has 22 heavy (non-hydrogen) atoms. The van der Waals surface area contributed by atoms with Gasteiger partial charge in [0.2, 0.25) is 0 Å². The van der Waals surface area contributed by atoms with Crippen LogP contribution >= 0.6 is 39.9 Å². The van der Waals surface area contributed by atoms with E-state index < -0.39 is 0 Å². The minimum atomic E-state index is -0.338. The monoisotopic (exact) mass is 393 g/mol. The summed E-state index contributed by atoms with van der Waals surface area (Å²) in [5.74, 6) is -0.338. The Kier molecular flexibility index (Phi) is 4.36. The number of nitrogens with zero attached hydrogens (tertiary/aromatic N) is 3. The van der Waals surface area contributed by atoms with Crippen molar-refractivity contribution in [3.05, 3.63) is 46.7 Å². The Morgan fingerprint density at radius 3 is 2.95 bits per heavy atom. The van der Waals surface area contributed by atoms with Crippen LogP contribution in [0.4, 0.5) is 5.69 Å². The van der Waals surface area contributed by atoms with Crippen LogP contribution in [0.3, 0.4) is 0 Å². The summed E-state index contributed by atoms with van der Waals surface area (Å²) in [4.78, 5) is 16.0. The van der Waals surface area contributed by atoms with Gasteiger partial charge < -0.3 is 5.32 Å². The molecule has 1 aromatic carbocycles. The highest BCUT2D eigenvalue weighted by molar-refractivity contribution is 9.10. The number of rotatable bonds is 2. The molecule has 9 heteroatoms. The number of carbonyl (C=O) groups excluding carboxylic acids is 1. The number of thiocarbonyl (C=S) groups is 1. The van der Waals surface area contributed by atoms with Crippen molar-refractivity contribution in [2.24, 2.45) is 0 Å². The summed E-state index contributed by atoms with van der Waals surface area (Å²) < 4.78 is 9.07. The number of benzene rings is 1. The number of hydrogen-bond acceptors (Lipinski definition) is 6. The normalized spacial score (nSPS) is 10.4. The van der Waals surface area contributed by atoms with Gasteiger partial charge in [-0.15, -0.1) is 0 Å². The maximum atomic E-state index is 12.1. The zero-order valence-corrected chi connectivity index (χ0v) is 14.1. The Morgan fingerprint density at radius 2 is 2.14 bits per heavy atom. The number of pyridine rings is 1. The fourth-order valence-corrected chi connectivity index (χ4v) is 2.89. The van der Waals surface area contributed by atoms with Crippen molar-refractivity contribution in [3.63, 3.8) is 0 Å². The van der Waals surface area contributed by atoms with E-state index in [1.54, 1.807) is 12.3 Å². The highest BCUT2D eigenvalue weighted by atomic mass is 79.9. The summed E-state index contributed by atoms with van der Waals surface area (Å²) in [5.41, 5.74) is 2.60. The molecule has 0 saturated carbocycles. The summed E-state index contributed by atoms with van der Waals surface area (Å²) >= 11 is 9.55. The molecule has 3 rings (SSSR count). The first-order valence-electron chi connectivity index (χ1n) is 6.07. The molecular formula is C13H8BrN5OS2. The number of nitrogens with one attached hydrogen (secondary N) is 2. The van der Waals surface area contributed by atoms with Gasteiger partial charge in [0.05, 0.1) is 23.0 Å². The number of fused-ring (bicyclic) bond motifs is 1. The minimum Gasteiger partial charge on any atom is -0.331 e. The number of anilines is 1. The summed E-state index contributed by atoms with van der Waals surface area (Å²) in [6.07, 6.45) is 3.07. The van der Waals surface area contributed by atoms with Crippen LogP contribution in [0.1, 0.15) is 10.4 Å². The van der Waals surface area contributed by atoms with E-state index in [2.05, 4.69) is 40.3 Å². The van der Waals surface area contributed by atoms with Crippen LogP contribution in [-0.4, -0.2) is 24.8 Å². The largest absolute Gasteiger partial charge is 0.331 e. The average Bonchev–Trinajstić information content (AvgIpc) is 2.96. The molecule has 0 bridgehead atoms. The van der Waals surface area contributed by atoms with E-state index in [4.69, 9.17) is 12.2 Å². The summed E-state index contributed by atoms with van der Waals surface area (Å²) in [6.45, 7) is 0. The maximum Gasteiger partial charge on any atom is 0.259 e. The van der Waals surface area contributed by atoms with Gasteiger partial charge in [0, 0.05) is 16.9 Å². The summed E-state index contributed by atoms with van der Waals surface area (Å²) in [5, 5.41) is 5.75. The van der Waals surface area contributed by atoms with Crippen molar-refractivity contribution < 1.29 is 4.79 Å². The molecule has 2 heterocycles. The van der Waals surface area contributed by atoms with E-state index in [1.807, 2.05) is 18.2 Å². The molecule has 0 fully saturated rings. The third-order valence-electron chi connectivity index (χ3n) is 2.73. The molecule has 0 aliphatic rings. The predicted molar refractivity (Wildman–Crippen MR) is 93.0 cm³/mol. The third kappa shape index (κ3) is 3.26. The molecular weight excluding hydrogens is 386 g/mol. The van der Waals surface area contributed by atoms with Crippen molar-refractivity contribution in [2.75, 3.05) is 5.32 Å². The van der Waals surface area contributed by atoms with Crippen molar-refractivity contribution in [3.8, 4) is 0 Å². The molecule has 0 spiro atoms. The number of hydrogen-bond donors (Lipinski definition) is 2. The number of halogens is 1. The Labute approximate surface area is 143 Å². The lowest BCUT2D eigenvalue weighted by Crippen LogP contribution is -2.34. The molecule has 0 unspecified atom stereocenters. The predicted octanol–water partition coefficient (Wildman–Crippen LogP) is 2.98. The first-order chi connectivity index (χ1) is 10.6. The fourth-order valence-electron chi connectivity index (χ4n) is 1.77. The average molecular weight is 394 g/mol. The number of aromatic nitrogens is 3. The Balaban J connectivity index is 1.73. The fraction of sp³-hybridized carbons (Fsp3) is 0. The number of carbonyl (C=O) groups is 1. The second-order valence-electron chi connectivity index (χ2n) is 4.24. The van der Waals surface area contributed by atoms with Gasteiger partial charge in [0.1, 0.15) is 11.0 Å². The summed E-state index contributed by atoms with van der Waals surface area (Å²) in [7, 11) is 0. The van der Waals surface area contributed by atoms with Gasteiger partial charge in [0.25, 0.3) is 5.91 Å². The van der Waals surface area contributed by atoms with E-state index in [0.717, 1.165) is 21.7 Å². The van der Waals surface area contributed by atoms with Crippen LogP contribution in [0.15, 0.2) is 41.1 Å². The quantitative estimate of drug-likeness (QED) is 0.651. The first kappa shape index (κ1) is 14.9. The van der Waals surface area contributed by atoms with Crippen LogP contribution in [0.5, 0.6) is 0 Å². The Bertz CT molecular complexity index is 866. The lowest BCUT2D eigenvalue weighted by Gasteiger charge is -2.09. The van der Waals surface area contributed by atoms with E-state index in [9.17, 15) is 4.79 Å². The van der Waals surface area contributed by atoms with E-state index in [-0.39, 0.29) is 11.0 Å². The molecule has 0 atom stereocenters. The molecule has 1 amide bonds. The molecule has 0 aliphatic carbocycles. The standard InChI is InChI=1S/C13H8BrN5OS2/c14-8-4-7(5-15-6-8)12(20)17-13(21)16-9-2-1-3-10-11(9)19-22-18-10/h1-6H,(H2,16,17,20,21). The molecule has 2 N–H and O–H groups in total. The van der Waals surface area contributed by atoms with Crippen molar-refractivity contribution >= 4 is 67.6 Å². The van der Waals surface area contributed by atoms with Crippen LogP contribution in [0.25, 0.3) is 11.0 Å². The second kappa shape index (κ2) is 6.42. The van der Waals surface area contributed by atoms with Crippen LogP contribution in [-0.2, 0) is 0 Å². The van der Waals surface area contributed by atoms with Crippen molar-refractivity contribution in [1.29, 1.82) is 0 Å². The lowest BCUT2D eigenvalue weighted by molar-refractivity contribution is 0.0977. The second-order valence-corrected chi connectivity index (χ2v) is 6.09. The molecule has 0 radical (unpaired) electrons. The molecule has 110 valence electrons. The topological polar surface area (TPSA) is 79.8 Å². The highest BCUT2D eigenvalue weighted by Crippen LogP contribution is 2.21. The molecule has 0 aliphatic heterocycles. The Morgan fingerprint density at radius 1 is 1.27 bits per heavy atom. The molecule has 0 saturated heterocycles. The maximum absolute atomic E-state index is 12.1. The molecule has 6 nitrogen and oxygen atoms in total. The van der Waals surface area contributed by atoms with Gasteiger partial charge >= 0.3 is 0 Å². The van der Waals surface area contributed by atoms with E-state index in [1.165, 1.54) is 6.20 Å². The van der Waals surface area contributed by atoms with Gasteiger partial charge in [-0.05, 0) is 46.3 Å².